The van der Waals surface area contributed by atoms with Crippen molar-refractivity contribution in [3.63, 3.8) is 0 Å². The smallest absolute Gasteiger partial charge is 0.197 e. The minimum atomic E-state index is -0.0319. The van der Waals surface area contributed by atoms with Crippen molar-refractivity contribution in [2.24, 2.45) is 0 Å². The van der Waals surface area contributed by atoms with E-state index < -0.39 is 0 Å². The number of ether oxygens (including phenoxy) is 1. The predicted octanol–water partition coefficient (Wildman–Crippen LogP) is 3.46. The molecular formula is C14H9ClO2. The Morgan fingerprint density at radius 3 is 2.76 bits per heavy atom. The molecule has 2 aromatic rings. The van der Waals surface area contributed by atoms with Crippen LogP contribution in [0.5, 0.6) is 5.75 Å². The number of hydrogen-bond acceptors (Lipinski definition) is 2. The molecule has 0 aromatic heterocycles. The topological polar surface area (TPSA) is 26.3 Å². The number of benzene rings is 2. The predicted molar refractivity (Wildman–Crippen MR) is 65.7 cm³/mol. The van der Waals surface area contributed by atoms with E-state index in [4.69, 9.17) is 16.3 Å². The van der Waals surface area contributed by atoms with Gasteiger partial charge in [-0.3, -0.25) is 4.79 Å². The lowest BCUT2D eigenvalue weighted by Gasteiger charge is -2.05. The highest BCUT2D eigenvalue weighted by Gasteiger charge is 2.21. The first-order chi connectivity index (χ1) is 8.25. The second-order valence-electron chi connectivity index (χ2n) is 3.92. The molecule has 0 bridgehead atoms. The van der Waals surface area contributed by atoms with Gasteiger partial charge in [0.1, 0.15) is 12.4 Å². The fraction of sp³-hybridized carbons (Fsp3) is 0.0714. The Morgan fingerprint density at radius 1 is 1.06 bits per heavy atom. The van der Waals surface area contributed by atoms with E-state index in [9.17, 15) is 4.79 Å². The lowest BCUT2D eigenvalue weighted by atomic mass is 9.99. The average molecular weight is 245 g/mol. The quantitative estimate of drug-likeness (QED) is 0.709. The first kappa shape index (κ1) is 10.4. The van der Waals surface area contributed by atoms with Gasteiger partial charge in [0.15, 0.2) is 5.78 Å². The van der Waals surface area contributed by atoms with Gasteiger partial charge in [0.05, 0.1) is 5.56 Å². The van der Waals surface area contributed by atoms with E-state index in [1.54, 1.807) is 18.2 Å². The zero-order chi connectivity index (χ0) is 11.8. The van der Waals surface area contributed by atoms with Gasteiger partial charge in [0.25, 0.3) is 0 Å². The minimum absolute atomic E-state index is 0.0319. The molecule has 0 radical (unpaired) electrons. The summed E-state index contributed by atoms with van der Waals surface area (Å²) in [5, 5.41) is 0.542. The number of fused-ring (bicyclic) bond motifs is 2. The van der Waals surface area contributed by atoms with Crippen LogP contribution in [-0.2, 0) is 6.61 Å². The van der Waals surface area contributed by atoms with Gasteiger partial charge in [-0.15, -0.1) is 0 Å². The minimum Gasteiger partial charge on any atom is -0.488 e. The monoisotopic (exact) mass is 244 g/mol. The second kappa shape index (κ2) is 3.90. The van der Waals surface area contributed by atoms with Crippen molar-refractivity contribution in [2.45, 2.75) is 6.61 Å². The zero-order valence-electron chi connectivity index (χ0n) is 8.94. The largest absolute Gasteiger partial charge is 0.488 e. The number of carbonyl (C=O) groups is 1. The zero-order valence-corrected chi connectivity index (χ0v) is 9.70. The van der Waals surface area contributed by atoms with Crippen LogP contribution in [0.3, 0.4) is 0 Å². The molecule has 0 amide bonds. The summed E-state index contributed by atoms with van der Waals surface area (Å²) in [5.74, 6) is 0.561. The molecule has 0 unspecified atom stereocenters. The summed E-state index contributed by atoms with van der Waals surface area (Å²) in [4.78, 5) is 12.3. The lowest BCUT2D eigenvalue weighted by molar-refractivity contribution is 0.103. The van der Waals surface area contributed by atoms with Gasteiger partial charge in [-0.1, -0.05) is 35.9 Å². The third kappa shape index (κ3) is 1.71. The molecule has 0 N–H and O–H groups in total. The Balaban J connectivity index is 2.22. The molecule has 2 aromatic carbocycles. The molecule has 3 heteroatoms. The first-order valence-electron chi connectivity index (χ1n) is 5.30. The van der Waals surface area contributed by atoms with Gasteiger partial charge in [-0.25, -0.2) is 0 Å². The molecule has 1 heterocycles. The van der Waals surface area contributed by atoms with Gasteiger partial charge in [-0.2, -0.15) is 0 Å². The molecule has 1 aliphatic heterocycles. The van der Waals surface area contributed by atoms with E-state index in [-0.39, 0.29) is 5.78 Å². The van der Waals surface area contributed by atoms with Crippen molar-refractivity contribution in [3.8, 4) is 5.75 Å². The van der Waals surface area contributed by atoms with Gasteiger partial charge < -0.3 is 4.74 Å². The standard InChI is InChI=1S/C14H9ClO2/c15-10-5-6-13-12(7-10)14(16)11-4-2-1-3-9(11)8-17-13/h1-7H,8H2. The third-order valence-corrected chi connectivity index (χ3v) is 3.07. The van der Waals surface area contributed by atoms with Gasteiger partial charge in [0.2, 0.25) is 0 Å². The Bertz CT molecular complexity index is 605. The fourth-order valence-corrected chi connectivity index (χ4v) is 2.15. The van der Waals surface area contributed by atoms with E-state index in [1.807, 2.05) is 24.3 Å². The van der Waals surface area contributed by atoms with Gasteiger partial charge in [-0.05, 0) is 18.2 Å². The second-order valence-corrected chi connectivity index (χ2v) is 4.35. The highest BCUT2D eigenvalue weighted by molar-refractivity contribution is 6.31. The van der Waals surface area contributed by atoms with Crippen molar-refractivity contribution >= 4 is 17.4 Å². The van der Waals surface area contributed by atoms with Crippen molar-refractivity contribution < 1.29 is 9.53 Å². The molecule has 2 nitrogen and oxygen atoms in total. The lowest BCUT2D eigenvalue weighted by Crippen LogP contribution is -2.02. The molecule has 1 aliphatic rings. The summed E-state index contributed by atoms with van der Waals surface area (Å²) < 4.78 is 5.62. The van der Waals surface area contributed by atoms with Crippen molar-refractivity contribution in [1.29, 1.82) is 0 Å². The van der Waals surface area contributed by atoms with Crippen LogP contribution in [0, 0.1) is 0 Å². The molecular weight excluding hydrogens is 236 g/mol. The Morgan fingerprint density at radius 2 is 1.88 bits per heavy atom. The molecule has 0 fully saturated rings. The Hall–Kier alpha value is -1.80. The summed E-state index contributed by atoms with van der Waals surface area (Å²) in [6.07, 6.45) is 0. The van der Waals surface area contributed by atoms with E-state index in [0.29, 0.717) is 28.5 Å². The third-order valence-electron chi connectivity index (χ3n) is 2.83. The van der Waals surface area contributed by atoms with Crippen LogP contribution in [0.4, 0.5) is 0 Å². The number of halogens is 1. The van der Waals surface area contributed by atoms with Crippen LogP contribution in [-0.4, -0.2) is 5.78 Å². The molecule has 17 heavy (non-hydrogen) atoms. The van der Waals surface area contributed by atoms with Crippen LogP contribution in [0.25, 0.3) is 0 Å². The summed E-state index contributed by atoms with van der Waals surface area (Å²) in [6.45, 7) is 0.413. The normalized spacial score (nSPS) is 13.4. The number of carbonyl (C=O) groups excluding carboxylic acids is 1. The molecule has 0 atom stereocenters. The first-order valence-corrected chi connectivity index (χ1v) is 5.68. The van der Waals surface area contributed by atoms with E-state index in [0.717, 1.165) is 5.56 Å². The summed E-state index contributed by atoms with van der Waals surface area (Å²) in [7, 11) is 0. The van der Waals surface area contributed by atoms with Crippen molar-refractivity contribution in [2.75, 3.05) is 0 Å². The fourth-order valence-electron chi connectivity index (χ4n) is 1.97. The maximum atomic E-state index is 12.3. The molecule has 0 aliphatic carbocycles. The highest BCUT2D eigenvalue weighted by Crippen LogP contribution is 2.30. The van der Waals surface area contributed by atoms with Crippen molar-refractivity contribution in [3.05, 3.63) is 64.2 Å². The number of ketones is 1. The van der Waals surface area contributed by atoms with E-state index in [1.165, 1.54) is 0 Å². The maximum Gasteiger partial charge on any atom is 0.197 e. The number of hydrogen-bond donors (Lipinski definition) is 0. The van der Waals surface area contributed by atoms with Gasteiger partial charge in [0, 0.05) is 16.1 Å². The van der Waals surface area contributed by atoms with Crippen LogP contribution in [0.1, 0.15) is 21.5 Å². The highest BCUT2D eigenvalue weighted by atomic mass is 35.5. The van der Waals surface area contributed by atoms with Crippen LogP contribution >= 0.6 is 11.6 Å². The molecule has 0 saturated heterocycles. The van der Waals surface area contributed by atoms with Gasteiger partial charge >= 0.3 is 0 Å². The average Bonchev–Trinajstić information content (AvgIpc) is 2.49. The SMILES string of the molecule is O=C1c2ccccc2COc2ccc(Cl)cc21. The Kier molecular flexibility index (Phi) is 2.37. The number of rotatable bonds is 0. The molecule has 84 valence electrons. The summed E-state index contributed by atoms with van der Waals surface area (Å²) in [6, 6.07) is 12.6. The molecule has 0 spiro atoms. The summed E-state index contributed by atoms with van der Waals surface area (Å²) in [5.41, 5.74) is 2.13. The Labute approximate surface area is 104 Å². The molecule has 3 rings (SSSR count). The maximum absolute atomic E-state index is 12.3. The van der Waals surface area contributed by atoms with E-state index >= 15 is 0 Å². The van der Waals surface area contributed by atoms with Crippen molar-refractivity contribution in [1.82, 2.24) is 0 Å². The van der Waals surface area contributed by atoms with Crippen LogP contribution < -0.4 is 4.74 Å². The summed E-state index contributed by atoms with van der Waals surface area (Å²) >= 11 is 5.91. The van der Waals surface area contributed by atoms with Crippen LogP contribution in [0.15, 0.2) is 42.5 Å². The van der Waals surface area contributed by atoms with E-state index in [2.05, 4.69) is 0 Å². The molecule has 0 saturated carbocycles. The van der Waals surface area contributed by atoms with Crippen LogP contribution in [0.2, 0.25) is 5.02 Å².